The van der Waals surface area contributed by atoms with Crippen molar-refractivity contribution in [3.63, 3.8) is 0 Å². The first-order valence-electron chi connectivity index (χ1n) is 6.04. The van der Waals surface area contributed by atoms with Crippen LogP contribution in [0.2, 0.25) is 0 Å². The molecule has 1 fully saturated rings. The van der Waals surface area contributed by atoms with E-state index in [1.807, 2.05) is 36.4 Å². The van der Waals surface area contributed by atoms with Gasteiger partial charge in [-0.1, -0.05) is 30.3 Å². The van der Waals surface area contributed by atoms with Gasteiger partial charge in [0.05, 0.1) is 11.8 Å². The maximum atomic E-state index is 12.3. The van der Waals surface area contributed by atoms with E-state index in [2.05, 4.69) is 0 Å². The van der Waals surface area contributed by atoms with Crippen LogP contribution in [0.5, 0.6) is 0 Å². The predicted molar refractivity (Wildman–Crippen MR) is 69.0 cm³/mol. The van der Waals surface area contributed by atoms with Gasteiger partial charge in [0.1, 0.15) is 0 Å². The van der Waals surface area contributed by atoms with E-state index in [4.69, 9.17) is 5.26 Å². The summed E-state index contributed by atoms with van der Waals surface area (Å²) in [6, 6.07) is 11.3. The third-order valence-electron chi connectivity index (χ3n) is 2.95. The number of sulfonamides is 1. The zero-order valence-electron chi connectivity index (χ0n) is 10.1. The quantitative estimate of drug-likeness (QED) is 0.788. The van der Waals surface area contributed by atoms with E-state index >= 15 is 0 Å². The molecule has 0 saturated heterocycles. The van der Waals surface area contributed by atoms with Crippen LogP contribution in [0, 0.1) is 11.3 Å². The van der Waals surface area contributed by atoms with Crippen molar-refractivity contribution < 1.29 is 8.42 Å². The van der Waals surface area contributed by atoms with E-state index in [-0.39, 0.29) is 18.2 Å². The van der Waals surface area contributed by atoms with Gasteiger partial charge in [-0.3, -0.25) is 0 Å². The van der Waals surface area contributed by atoms with E-state index < -0.39 is 10.0 Å². The maximum Gasteiger partial charge on any atom is 0.218 e. The van der Waals surface area contributed by atoms with E-state index in [0.29, 0.717) is 6.54 Å². The van der Waals surface area contributed by atoms with Gasteiger partial charge in [0.15, 0.2) is 0 Å². The highest BCUT2D eigenvalue weighted by atomic mass is 32.2. The van der Waals surface area contributed by atoms with E-state index in [0.717, 1.165) is 18.4 Å². The molecule has 96 valence electrons. The highest BCUT2D eigenvalue weighted by molar-refractivity contribution is 7.88. The molecule has 0 aromatic heterocycles. The summed E-state index contributed by atoms with van der Waals surface area (Å²) in [5.41, 5.74) is 0.792. The molecule has 1 aliphatic rings. The summed E-state index contributed by atoms with van der Waals surface area (Å²) >= 11 is 0. The molecule has 1 aromatic rings. The van der Waals surface area contributed by atoms with Crippen molar-refractivity contribution in [3.05, 3.63) is 35.9 Å². The molecule has 0 spiro atoms. The van der Waals surface area contributed by atoms with Crippen molar-refractivity contribution in [1.82, 2.24) is 4.31 Å². The SMILES string of the molecule is N#CCCN(C1CC1)S(=O)(=O)Cc1ccccc1. The van der Waals surface area contributed by atoms with Gasteiger partial charge in [-0.25, -0.2) is 8.42 Å². The standard InChI is InChI=1S/C13H16N2O2S/c14-9-4-10-15(13-7-8-13)18(16,17)11-12-5-2-1-3-6-12/h1-3,5-6,13H,4,7-8,10-11H2. The number of hydrogen-bond donors (Lipinski definition) is 0. The third kappa shape index (κ3) is 3.31. The molecular weight excluding hydrogens is 248 g/mol. The van der Waals surface area contributed by atoms with Crippen molar-refractivity contribution in [2.24, 2.45) is 0 Å². The molecule has 0 aliphatic heterocycles. The molecule has 0 bridgehead atoms. The highest BCUT2D eigenvalue weighted by Gasteiger charge is 2.36. The summed E-state index contributed by atoms with van der Waals surface area (Å²) in [5.74, 6) is 0.0236. The maximum absolute atomic E-state index is 12.3. The highest BCUT2D eigenvalue weighted by Crippen LogP contribution is 2.30. The molecule has 2 rings (SSSR count). The fourth-order valence-electron chi connectivity index (χ4n) is 1.94. The molecule has 1 aliphatic carbocycles. The lowest BCUT2D eigenvalue weighted by molar-refractivity contribution is 0.410. The van der Waals surface area contributed by atoms with Gasteiger partial charge in [0, 0.05) is 19.0 Å². The van der Waals surface area contributed by atoms with Gasteiger partial charge in [0.2, 0.25) is 10.0 Å². The van der Waals surface area contributed by atoms with Crippen molar-refractivity contribution in [1.29, 1.82) is 5.26 Å². The fourth-order valence-corrected chi connectivity index (χ4v) is 3.75. The molecular formula is C13H16N2O2S. The Morgan fingerprint density at radius 2 is 1.94 bits per heavy atom. The number of hydrogen-bond acceptors (Lipinski definition) is 3. The van der Waals surface area contributed by atoms with Gasteiger partial charge in [-0.05, 0) is 18.4 Å². The number of nitrogens with zero attached hydrogens (tertiary/aromatic N) is 2. The lowest BCUT2D eigenvalue weighted by Crippen LogP contribution is -2.34. The minimum atomic E-state index is -3.30. The second-order valence-corrected chi connectivity index (χ2v) is 6.41. The summed E-state index contributed by atoms with van der Waals surface area (Å²) in [7, 11) is -3.30. The average Bonchev–Trinajstić information content (AvgIpc) is 3.14. The number of benzene rings is 1. The molecule has 0 heterocycles. The van der Waals surface area contributed by atoms with Crippen LogP contribution in [0.15, 0.2) is 30.3 Å². The molecule has 4 nitrogen and oxygen atoms in total. The number of rotatable bonds is 6. The van der Waals surface area contributed by atoms with E-state index in [1.165, 1.54) is 4.31 Å². The van der Waals surface area contributed by atoms with E-state index in [9.17, 15) is 8.42 Å². The van der Waals surface area contributed by atoms with E-state index in [1.54, 1.807) is 0 Å². The second-order valence-electron chi connectivity index (χ2n) is 4.49. The summed E-state index contributed by atoms with van der Waals surface area (Å²) in [5, 5.41) is 8.60. The molecule has 0 unspecified atom stereocenters. The van der Waals surface area contributed by atoms with Crippen molar-refractivity contribution in [2.45, 2.75) is 31.1 Å². The number of nitriles is 1. The Bertz CT molecular complexity index is 530. The zero-order valence-corrected chi connectivity index (χ0v) is 10.9. The summed E-state index contributed by atoms with van der Waals surface area (Å²) in [6.45, 7) is 0.316. The molecule has 1 saturated carbocycles. The van der Waals surface area contributed by atoms with Gasteiger partial charge in [0.25, 0.3) is 0 Å². The van der Waals surface area contributed by atoms with Crippen molar-refractivity contribution in [3.8, 4) is 6.07 Å². The largest absolute Gasteiger partial charge is 0.218 e. The summed E-state index contributed by atoms with van der Waals surface area (Å²) in [4.78, 5) is 0. The zero-order chi connectivity index (χ0) is 13.0. The fraction of sp³-hybridized carbons (Fsp3) is 0.462. The topological polar surface area (TPSA) is 61.2 Å². The lowest BCUT2D eigenvalue weighted by atomic mass is 10.2. The van der Waals surface area contributed by atoms with Crippen LogP contribution in [-0.2, 0) is 15.8 Å². The second kappa shape index (κ2) is 5.51. The Morgan fingerprint density at radius 3 is 2.50 bits per heavy atom. The smallest absolute Gasteiger partial charge is 0.212 e. The van der Waals surface area contributed by atoms with Crippen LogP contribution in [-0.4, -0.2) is 25.3 Å². The molecule has 0 atom stereocenters. The Kier molecular flexibility index (Phi) is 4.00. The minimum absolute atomic E-state index is 0.0236. The van der Waals surface area contributed by atoms with Crippen molar-refractivity contribution >= 4 is 10.0 Å². The molecule has 5 heteroatoms. The predicted octanol–water partition coefficient (Wildman–Crippen LogP) is 1.89. The normalized spacial score (nSPS) is 15.6. The first-order chi connectivity index (χ1) is 8.63. The van der Waals surface area contributed by atoms with Crippen LogP contribution in [0.3, 0.4) is 0 Å². The minimum Gasteiger partial charge on any atom is -0.212 e. The molecule has 1 aromatic carbocycles. The monoisotopic (exact) mass is 264 g/mol. The Balaban J connectivity index is 2.10. The molecule has 18 heavy (non-hydrogen) atoms. The summed E-state index contributed by atoms with van der Waals surface area (Å²) < 4.78 is 26.1. The Hall–Kier alpha value is -1.38. The average molecular weight is 264 g/mol. The molecule has 0 radical (unpaired) electrons. The lowest BCUT2D eigenvalue weighted by Gasteiger charge is -2.20. The van der Waals surface area contributed by atoms with Crippen LogP contribution in [0.25, 0.3) is 0 Å². The Morgan fingerprint density at radius 1 is 1.28 bits per heavy atom. The van der Waals surface area contributed by atoms with Gasteiger partial charge in [-0.15, -0.1) is 0 Å². The first-order valence-corrected chi connectivity index (χ1v) is 7.65. The van der Waals surface area contributed by atoms with Crippen LogP contribution in [0.4, 0.5) is 0 Å². The van der Waals surface area contributed by atoms with Crippen LogP contribution < -0.4 is 0 Å². The first kappa shape index (κ1) is 13.1. The van der Waals surface area contributed by atoms with Gasteiger partial charge in [-0.2, -0.15) is 9.57 Å². The van der Waals surface area contributed by atoms with Crippen molar-refractivity contribution in [2.75, 3.05) is 6.54 Å². The summed E-state index contributed by atoms with van der Waals surface area (Å²) in [6.07, 6.45) is 2.09. The third-order valence-corrected chi connectivity index (χ3v) is 4.84. The molecule has 0 amide bonds. The van der Waals surface area contributed by atoms with Crippen LogP contribution in [0.1, 0.15) is 24.8 Å². The molecule has 0 N–H and O–H groups in total. The Labute approximate surface area is 108 Å². The van der Waals surface area contributed by atoms with Gasteiger partial charge < -0.3 is 0 Å². The van der Waals surface area contributed by atoms with Crippen LogP contribution >= 0.6 is 0 Å². The van der Waals surface area contributed by atoms with Gasteiger partial charge >= 0.3 is 0 Å².